The second-order valence-electron chi connectivity index (χ2n) is 14.0. The number of pyridine rings is 1. The molecule has 0 aliphatic heterocycles. The van der Waals surface area contributed by atoms with Crippen LogP contribution in [-0.2, 0) is 5.41 Å². The number of benzene rings is 4. The van der Waals surface area contributed by atoms with E-state index >= 15 is 0 Å². The molecule has 2 heterocycles. The Morgan fingerprint density at radius 2 is 0.957 bits per heavy atom. The number of rotatable bonds is 4. The third-order valence-corrected chi connectivity index (χ3v) is 11.5. The predicted molar refractivity (Wildman–Crippen MR) is 183 cm³/mol. The minimum absolute atomic E-state index is 0.0534. The van der Waals surface area contributed by atoms with Crippen LogP contribution in [0.4, 0.5) is 0 Å². The molecule has 222 valence electrons. The third kappa shape index (κ3) is 3.86. The fourth-order valence-electron chi connectivity index (χ4n) is 9.88. The van der Waals surface area contributed by atoms with E-state index < -0.39 is 0 Å². The van der Waals surface area contributed by atoms with Gasteiger partial charge in [0.25, 0.3) is 0 Å². The van der Waals surface area contributed by atoms with Crippen LogP contribution in [0.15, 0.2) is 121 Å². The molecule has 4 heteroatoms. The highest BCUT2D eigenvalue weighted by atomic mass is 15.0. The molecule has 4 bridgehead atoms. The van der Waals surface area contributed by atoms with E-state index in [0.29, 0.717) is 29.3 Å². The summed E-state index contributed by atoms with van der Waals surface area (Å²) < 4.78 is 0. The van der Waals surface area contributed by atoms with E-state index in [1.54, 1.807) is 0 Å². The fraction of sp³-hybridized carbons (Fsp3) is 0.238. The first-order chi connectivity index (χ1) is 22.7. The van der Waals surface area contributed by atoms with Gasteiger partial charge in [0.15, 0.2) is 17.5 Å². The first-order valence-electron chi connectivity index (χ1n) is 16.8. The lowest BCUT2D eigenvalue weighted by molar-refractivity contribution is -0.0415. The number of aromatic nitrogens is 4. The minimum atomic E-state index is 0.0534. The Morgan fingerprint density at radius 1 is 0.457 bits per heavy atom. The zero-order valence-corrected chi connectivity index (χ0v) is 25.7. The van der Waals surface area contributed by atoms with Crippen molar-refractivity contribution in [3.63, 3.8) is 0 Å². The van der Waals surface area contributed by atoms with Gasteiger partial charge in [-0.15, -0.1) is 0 Å². The normalized spacial score (nSPS) is 25.0. The summed E-state index contributed by atoms with van der Waals surface area (Å²) in [5.41, 5.74) is 10.7. The zero-order chi connectivity index (χ0) is 30.2. The zero-order valence-electron chi connectivity index (χ0n) is 25.7. The maximum absolute atomic E-state index is 5.40. The van der Waals surface area contributed by atoms with Crippen molar-refractivity contribution < 1.29 is 0 Å². The van der Waals surface area contributed by atoms with Crippen LogP contribution < -0.4 is 0 Å². The van der Waals surface area contributed by atoms with Gasteiger partial charge in [-0.2, -0.15) is 0 Å². The largest absolute Gasteiger partial charge is 0.259 e. The molecule has 5 aliphatic rings. The maximum atomic E-state index is 5.40. The van der Waals surface area contributed by atoms with Gasteiger partial charge in [0.05, 0.1) is 5.69 Å². The van der Waals surface area contributed by atoms with Crippen molar-refractivity contribution in [2.24, 2.45) is 23.7 Å². The van der Waals surface area contributed by atoms with Crippen molar-refractivity contribution in [1.29, 1.82) is 0 Å². The Bertz CT molecular complexity index is 2070. The number of nitrogens with zero attached hydrogens (tertiary/aromatic N) is 4. The summed E-state index contributed by atoms with van der Waals surface area (Å²) in [6.07, 6.45) is 8.90. The SMILES string of the molecule is c1ccc(-c2ccc(-c3nc(-c4ccccc4)nc(-c4cnc5c(c4)-c4ccccc4C54C5CC6CC(C5)CC4C6)n3)cc2)cc1. The van der Waals surface area contributed by atoms with Gasteiger partial charge in [0, 0.05) is 33.9 Å². The van der Waals surface area contributed by atoms with Crippen molar-refractivity contribution in [2.45, 2.75) is 37.5 Å². The molecule has 4 fully saturated rings. The van der Waals surface area contributed by atoms with Crippen molar-refractivity contribution in [1.82, 2.24) is 19.9 Å². The Morgan fingerprint density at radius 3 is 1.61 bits per heavy atom. The summed E-state index contributed by atoms with van der Waals surface area (Å²) in [6.45, 7) is 0. The van der Waals surface area contributed by atoms with Gasteiger partial charge in [-0.3, -0.25) is 4.98 Å². The molecule has 0 amide bonds. The molecule has 0 saturated heterocycles. The van der Waals surface area contributed by atoms with Crippen molar-refractivity contribution in [3.05, 3.63) is 133 Å². The Kier molecular flexibility index (Phi) is 5.72. The van der Waals surface area contributed by atoms with E-state index in [1.165, 1.54) is 65.6 Å². The van der Waals surface area contributed by atoms with Gasteiger partial charge in [-0.1, -0.05) is 109 Å². The van der Waals surface area contributed by atoms with Crippen LogP contribution >= 0.6 is 0 Å². The van der Waals surface area contributed by atoms with E-state index in [9.17, 15) is 0 Å². The van der Waals surface area contributed by atoms with Gasteiger partial charge in [-0.25, -0.2) is 15.0 Å². The lowest BCUT2D eigenvalue weighted by atomic mass is 9.43. The molecule has 4 saturated carbocycles. The number of fused-ring (bicyclic) bond motifs is 3. The van der Waals surface area contributed by atoms with Gasteiger partial charge < -0.3 is 0 Å². The van der Waals surface area contributed by atoms with Gasteiger partial charge in [0.1, 0.15) is 0 Å². The van der Waals surface area contributed by atoms with Gasteiger partial charge >= 0.3 is 0 Å². The van der Waals surface area contributed by atoms with Crippen LogP contribution in [0, 0.1) is 23.7 Å². The Hall–Kier alpha value is -4.96. The molecule has 0 radical (unpaired) electrons. The summed E-state index contributed by atoms with van der Waals surface area (Å²) >= 11 is 0. The molecule has 4 nitrogen and oxygen atoms in total. The summed E-state index contributed by atoms with van der Waals surface area (Å²) in [5.74, 6) is 5.20. The molecule has 2 aromatic heterocycles. The third-order valence-electron chi connectivity index (χ3n) is 11.5. The Balaban J connectivity index is 1.11. The second-order valence-corrected chi connectivity index (χ2v) is 14.0. The van der Waals surface area contributed by atoms with Crippen molar-refractivity contribution in [2.75, 3.05) is 0 Å². The van der Waals surface area contributed by atoms with Gasteiger partial charge in [-0.05, 0) is 84.1 Å². The van der Waals surface area contributed by atoms with Crippen LogP contribution in [0.25, 0.3) is 56.4 Å². The van der Waals surface area contributed by atoms with Crippen LogP contribution in [-0.4, -0.2) is 19.9 Å². The first kappa shape index (κ1) is 26.3. The molecule has 0 atom stereocenters. The topological polar surface area (TPSA) is 51.6 Å². The summed E-state index contributed by atoms with van der Waals surface area (Å²) in [7, 11) is 0. The van der Waals surface area contributed by atoms with Crippen LogP contribution in [0.5, 0.6) is 0 Å². The summed E-state index contributed by atoms with van der Waals surface area (Å²) in [4.78, 5) is 20.5. The molecule has 5 aliphatic carbocycles. The van der Waals surface area contributed by atoms with Crippen molar-refractivity contribution in [3.8, 4) is 56.4 Å². The number of hydrogen-bond donors (Lipinski definition) is 0. The van der Waals surface area contributed by atoms with E-state index in [0.717, 1.165) is 28.5 Å². The monoisotopic (exact) mass is 594 g/mol. The molecule has 0 unspecified atom stereocenters. The van der Waals surface area contributed by atoms with Crippen molar-refractivity contribution >= 4 is 0 Å². The lowest BCUT2D eigenvalue weighted by Gasteiger charge is -2.60. The predicted octanol–water partition coefficient (Wildman–Crippen LogP) is 9.66. The highest BCUT2D eigenvalue weighted by Gasteiger charge is 2.62. The van der Waals surface area contributed by atoms with E-state index in [2.05, 4.69) is 91.0 Å². The molecular weight excluding hydrogens is 560 g/mol. The van der Waals surface area contributed by atoms with E-state index in [-0.39, 0.29) is 5.41 Å². The standard InChI is InChI=1S/C42H34N4/c1-3-9-28(10-4-1)29-15-17-31(18-16-29)40-44-39(30-11-5-2-6-12-30)45-41(46-40)32-24-36-35-13-7-8-14-37(35)42(38(36)43-25-32)33-20-26-19-27(22-33)23-34(42)21-26/h1-18,24-27,33-34H,19-23H2. The van der Waals surface area contributed by atoms with Crippen LogP contribution in [0.1, 0.15) is 43.4 Å². The lowest BCUT2D eigenvalue weighted by Crippen LogP contribution is -2.55. The molecule has 6 aromatic rings. The molecule has 46 heavy (non-hydrogen) atoms. The molecule has 4 aromatic carbocycles. The minimum Gasteiger partial charge on any atom is -0.259 e. The summed E-state index contributed by atoms with van der Waals surface area (Å²) in [6, 6.07) is 40.7. The molecule has 0 N–H and O–H groups in total. The van der Waals surface area contributed by atoms with Gasteiger partial charge in [0.2, 0.25) is 0 Å². The Labute approximate surface area is 269 Å². The quantitative estimate of drug-likeness (QED) is 0.204. The molecular formula is C42H34N4. The molecule has 11 rings (SSSR count). The van der Waals surface area contributed by atoms with Crippen LogP contribution in [0.3, 0.4) is 0 Å². The van der Waals surface area contributed by atoms with Crippen LogP contribution in [0.2, 0.25) is 0 Å². The van der Waals surface area contributed by atoms with E-state index in [1.807, 2.05) is 30.5 Å². The molecule has 1 spiro atoms. The first-order valence-corrected chi connectivity index (χ1v) is 16.8. The maximum Gasteiger partial charge on any atom is 0.165 e. The fourth-order valence-corrected chi connectivity index (χ4v) is 9.88. The average Bonchev–Trinajstić information content (AvgIpc) is 3.41. The summed E-state index contributed by atoms with van der Waals surface area (Å²) in [5, 5.41) is 0. The van der Waals surface area contributed by atoms with E-state index in [4.69, 9.17) is 19.9 Å². The highest BCUT2D eigenvalue weighted by Crippen LogP contribution is 2.69. The smallest absolute Gasteiger partial charge is 0.165 e. The second kappa shape index (κ2) is 10.0. The number of hydrogen-bond acceptors (Lipinski definition) is 4. The average molecular weight is 595 g/mol. The highest BCUT2D eigenvalue weighted by molar-refractivity contribution is 5.83.